The lowest BCUT2D eigenvalue weighted by Crippen LogP contribution is -2.47. The molecule has 0 bridgehead atoms. The Morgan fingerprint density at radius 1 is 1.03 bits per heavy atom. The second-order valence-corrected chi connectivity index (χ2v) is 9.74. The molecule has 1 fully saturated rings. The zero-order valence-electron chi connectivity index (χ0n) is 17.9. The van der Waals surface area contributed by atoms with Gasteiger partial charge in [-0.15, -0.1) is 0 Å². The van der Waals surface area contributed by atoms with Crippen molar-refractivity contribution < 1.29 is 18.0 Å². The van der Waals surface area contributed by atoms with Gasteiger partial charge in [-0.05, 0) is 55.9 Å². The third kappa shape index (κ3) is 5.71. The molecule has 1 atom stereocenters. The highest BCUT2D eigenvalue weighted by atomic mass is 32.2. The van der Waals surface area contributed by atoms with Gasteiger partial charge in [0.25, 0.3) is 0 Å². The highest BCUT2D eigenvalue weighted by Gasteiger charge is 2.36. The van der Waals surface area contributed by atoms with E-state index in [0.717, 1.165) is 11.1 Å². The molecule has 7 nitrogen and oxygen atoms in total. The van der Waals surface area contributed by atoms with E-state index >= 15 is 0 Å². The Labute approximate surface area is 183 Å². The third-order valence-corrected chi connectivity index (χ3v) is 7.59. The van der Waals surface area contributed by atoms with E-state index < -0.39 is 21.8 Å². The molecule has 0 aliphatic carbocycles. The fourth-order valence-corrected chi connectivity index (χ4v) is 5.78. The molecule has 1 saturated heterocycles. The van der Waals surface area contributed by atoms with Gasteiger partial charge < -0.3 is 10.6 Å². The van der Waals surface area contributed by atoms with Gasteiger partial charge >= 0.3 is 11.8 Å². The Morgan fingerprint density at radius 2 is 1.74 bits per heavy atom. The van der Waals surface area contributed by atoms with Crippen molar-refractivity contribution in [1.82, 2.24) is 14.9 Å². The van der Waals surface area contributed by atoms with Crippen molar-refractivity contribution in [2.75, 3.05) is 19.6 Å². The molecular formula is C23H29N3O4S. The SMILES string of the molecule is Cc1ccc(C)c(S(=O)(=O)N2CCC[C@H]2CNC(=O)C(=O)NCCc2ccccc2)c1. The minimum absolute atomic E-state index is 0.106. The normalized spacial score (nSPS) is 16.8. The van der Waals surface area contributed by atoms with Crippen LogP contribution in [0.25, 0.3) is 0 Å². The van der Waals surface area contributed by atoms with Crippen LogP contribution >= 0.6 is 0 Å². The molecule has 1 aliphatic rings. The lowest BCUT2D eigenvalue weighted by molar-refractivity contribution is -0.139. The van der Waals surface area contributed by atoms with Crippen LogP contribution in [-0.4, -0.2) is 50.2 Å². The van der Waals surface area contributed by atoms with Crippen LogP contribution in [0.4, 0.5) is 0 Å². The number of sulfonamides is 1. The van der Waals surface area contributed by atoms with Gasteiger partial charge in [-0.3, -0.25) is 9.59 Å². The minimum atomic E-state index is -3.67. The molecule has 1 heterocycles. The molecule has 3 rings (SSSR count). The zero-order chi connectivity index (χ0) is 22.4. The first-order valence-electron chi connectivity index (χ1n) is 10.5. The first-order valence-corrected chi connectivity index (χ1v) is 11.9. The van der Waals surface area contributed by atoms with Gasteiger partial charge in [0.05, 0.1) is 4.90 Å². The summed E-state index contributed by atoms with van der Waals surface area (Å²) in [5.74, 6) is -1.46. The van der Waals surface area contributed by atoms with Crippen LogP contribution in [0.15, 0.2) is 53.4 Å². The Morgan fingerprint density at radius 3 is 2.48 bits per heavy atom. The second kappa shape index (κ2) is 10.1. The van der Waals surface area contributed by atoms with E-state index in [0.29, 0.717) is 42.8 Å². The van der Waals surface area contributed by atoms with Gasteiger partial charge in [-0.2, -0.15) is 4.31 Å². The van der Waals surface area contributed by atoms with E-state index in [1.807, 2.05) is 43.3 Å². The van der Waals surface area contributed by atoms with Gasteiger partial charge in [-0.1, -0.05) is 42.5 Å². The maximum absolute atomic E-state index is 13.2. The predicted molar refractivity (Wildman–Crippen MR) is 119 cm³/mol. The molecule has 166 valence electrons. The summed E-state index contributed by atoms with van der Waals surface area (Å²) in [7, 11) is -3.67. The zero-order valence-corrected chi connectivity index (χ0v) is 18.7. The van der Waals surface area contributed by atoms with Crippen LogP contribution in [0.3, 0.4) is 0 Å². The topological polar surface area (TPSA) is 95.6 Å². The van der Waals surface area contributed by atoms with Gasteiger partial charge in [0.2, 0.25) is 10.0 Å². The number of aryl methyl sites for hydroxylation is 2. The smallest absolute Gasteiger partial charge is 0.309 e. The standard InChI is InChI=1S/C23H29N3O4S/c1-17-10-11-18(2)21(15-17)31(29,30)26-14-6-9-20(26)16-25-23(28)22(27)24-13-12-19-7-4-3-5-8-19/h3-5,7-8,10-11,15,20H,6,9,12-14,16H2,1-2H3,(H,24,27)(H,25,28)/t20-/m0/s1. The average Bonchev–Trinajstić information content (AvgIpc) is 3.24. The first kappa shape index (κ1) is 23.0. The van der Waals surface area contributed by atoms with Crippen molar-refractivity contribution in [3.05, 3.63) is 65.2 Å². The molecule has 2 aromatic carbocycles. The molecule has 8 heteroatoms. The van der Waals surface area contributed by atoms with E-state index in [-0.39, 0.29) is 12.6 Å². The van der Waals surface area contributed by atoms with E-state index in [4.69, 9.17) is 0 Å². The third-order valence-electron chi connectivity index (χ3n) is 5.50. The molecule has 2 amide bonds. The number of amides is 2. The lowest BCUT2D eigenvalue weighted by atomic mass is 10.1. The predicted octanol–water partition coefficient (Wildman–Crippen LogP) is 1.93. The van der Waals surface area contributed by atoms with Gasteiger partial charge in [0.1, 0.15) is 0 Å². The molecule has 0 unspecified atom stereocenters. The fourth-order valence-electron chi connectivity index (χ4n) is 3.78. The highest BCUT2D eigenvalue weighted by Crippen LogP contribution is 2.28. The molecule has 2 N–H and O–H groups in total. The van der Waals surface area contributed by atoms with Crippen molar-refractivity contribution in [1.29, 1.82) is 0 Å². The van der Waals surface area contributed by atoms with Crippen molar-refractivity contribution in [2.24, 2.45) is 0 Å². The van der Waals surface area contributed by atoms with E-state index in [2.05, 4.69) is 10.6 Å². The molecule has 2 aromatic rings. The van der Waals surface area contributed by atoms with Crippen LogP contribution in [0, 0.1) is 13.8 Å². The Kier molecular flexibility index (Phi) is 7.46. The average molecular weight is 444 g/mol. The second-order valence-electron chi connectivity index (χ2n) is 7.88. The van der Waals surface area contributed by atoms with Crippen LogP contribution in [0.2, 0.25) is 0 Å². The van der Waals surface area contributed by atoms with Crippen molar-refractivity contribution in [2.45, 2.75) is 44.0 Å². The summed E-state index contributed by atoms with van der Waals surface area (Å²) in [6, 6.07) is 14.7. The Balaban J connectivity index is 1.55. The van der Waals surface area contributed by atoms with Gasteiger partial charge in [0.15, 0.2) is 0 Å². The molecule has 1 aliphatic heterocycles. The summed E-state index contributed by atoms with van der Waals surface area (Å²) < 4.78 is 27.9. The molecule has 0 radical (unpaired) electrons. The first-order chi connectivity index (χ1) is 14.8. The number of benzene rings is 2. The number of nitrogens with one attached hydrogen (secondary N) is 2. The summed E-state index contributed by atoms with van der Waals surface area (Å²) in [5.41, 5.74) is 2.64. The maximum Gasteiger partial charge on any atom is 0.309 e. The number of hydrogen-bond donors (Lipinski definition) is 2. The minimum Gasteiger partial charge on any atom is -0.348 e. The van der Waals surface area contributed by atoms with Gasteiger partial charge in [0, 0.05) is 25.7 Å². The quantitative estimate of drug-likeness (QED) is 0.639. The number of hydrogen-bond acceptors (Lipinski definition) is 4. The number of carbonyl (C=O) groups excluding carboxylic acids is 2. The summed E-state index contributed by atoms with van der Waals surface area (Å²) in [6.07, 6.45) is 1.98. The fraction of sp³-hybridized carbons (Fsp3) is 0.391. The van der Waals surface area contributed by atoms with Crippen molar-refractivity contribution in [3.8, 4) is 0 Å². The Bertz CT molecular complexity index is 1040. The molecule has 0 aromatic heterocycles. The van der Waals surface area contributed by atoms with Crippen LogP contribution in [0.1, 0.15) is 29.5 Å². The van der Waals surface area contributed by atoms with E-state index in [1.165, 1.54) is 4.31 Å². The van der Waals surface area contributed by atoms with Crippen LogP contribution in [0.5, 0.6) is 0 Å². The van der Waals surface area contributed by atoms with Crippen LogP contribution < -0.4 is 10.6 Å². The van der Waals surface area contributed by atoms with E-state index in [1.54, 1.807) is 19.1 Å². The van der Waals surface area contributed by atoms with Crippen molar-refractivity contribution in [3.63, 3.8) is 0 Å². The molecule has 0 spiro atoms. The monoisotopic (exact) mass is 443 g/mol. The summed E-state index contributed by atoms with van der Waals surface area (Å²) in [6.45, 7) is 4.50. The number of rotatable bonds is 7. The number of nitrogens with zero attached hydrogens (tertiary/aromatic N) is 1. The van der Waals surface area contributed by atoms with Gasteiger partial charge in [-0.25, -0.2) is 8.42 Å². The Hall–Kier alpha value is -2.71. The largest absolute Gasteiger partial charge is 0.348 e. The highest BCUT2D eigenvalue weighted by molar-refractivity contribution is 7.89. The number of carbonyl (C=O) groups is 2. The summed E-state index contributed by atoms with van der Waals surface area (Å²) in [4.78, 5) is 24.5. The molecular weight excluding hydrogens is 414 g/mol. The van der Waals surface area contributed by atoms with Crippen LogP contribution in [-0.2, 0) is 26.0 Å². The van der Waals surface area contributed by atoms with Crippen molar-refractivity contribution >= 4 is 21.8 Å². The summed E-state index contributed by atoms with van der Waals surface area (Å²) >= 11 is 0. The van der Waals surface area contributed by atoms with E-state index in [9.17, 15) is 18.0 Å². The summed E-state index contributed by atoms with van der Waals surface area (Å²) in [5, 5.41) is 5.20. The molecule has 31 heavy (non-hydrogen) atoms. The maximum atomic E-state index is 13.2. The molecule has 0 saturated carbocycles. The lowest BCUT2D eigenvalue weighted by Gasteiger charge is -2.25.